The highest BCUT2D eigenvalue weighted by atomic mass is 35.5. The van der Waals surface area contributed by atoms with E-state index in [-0.39, 0.29) is 16.9 Å². The van der Waals surface area contributed by atoms with Crippen LogP contribution >= 0.6 is 11.6 Å². The summed E-state index contributed by atoms with van der Waals surface area (Å²) in [6, 6.07) is 10.9. The van der Waals surface area contributed by atoms with Crippen molar-refractivity contribution in [3.63, 3.8) is 0 Å². The van der Waals surface area contributed by atoms with Gasteiger partial charge in [0.05, 0.1) is 11.1 Å². The van der Waals surface area contributed by atoms with E-state index in [0.29, 0.717) is 0 Å². The summed E-state index contributed by atoms with van der Waals surface area (Å²) >= 11 is 5.74. The first kappa shape index (κ1) is 13.8. The summed E-state index contributed by atoms with van der Waals surface area (Å²) in [6.45, 7) is 2.02. The van der Waals surface area contributed by atoms with Crippen molar-refractivity contribution in [2.24, 2.45) is 0 Å². The van der Waals surface area contributed by atoms with Gasteiger partial charge in [-0.1, -0.05) is 30.7 Å². The summed E-state index contributed by atoms with van der Waals surface area (Å²) in [5.74, 6) is -0.703. The van der Waals surface area contributed by atoms with Crippen LogP contribution in [-0.2, 0) is 0 Å². The lowest BCUT2D eigenvalue weighted by Gasteiger charge is -2.19. The molecule has 0 aliphatic rings. The van der Waals surface area contributed by atoms with Gasteiger partial charge < -0.3 is 5.32 Å². The van der Waals surface area contributed by atoms with Crippen molar-refractivity contribution in [1.29, 1.82) is 0 Å². The molecule has 0 radical (unpaired) electrons. The first-order valence-corrected chi connectivity index (χ1v) is 6.45. The Morgan fingerprint density at radius 3 is 2.37 bits per heavy atom. The highest BCUT2D eigenvalue weighted by Gasteiger charge is 2.10. The largest absolute Gasteiger partial charge is 0.378 e. The van der Waals surface area contributed by atoms with Crippen LogP contribution < -0.4 is 5.32 Å². The van der Waals surface area contributed by atoms with Crippen molar-refractivity contribution in [3.05, 3.63) is 64.7 Å². The van der Waals surface area contributed by atoms with Crippen molar-refractivity contribution in [3.8, 4) is 0 Å². The highest BCUT2D eigenvalue weighted by molar-refractivity contribution is 6.31. The summed E-state index contributed by atoms with van der Waals surface area (Å²) in [7, 11) is 0. The zero-order valence-electron chi connectivity index (χ0n) is 10.5. The number of benzene rings is 2. The van der Waals surface area contributed by atoms with Crippen LogP contribution in [0.2, 0.25) is 5.02 Å². The molecule has 2 aromatic carbocycles. The topological polar surface area (TPSA) is 12.0 Å². The van der Waals surface area contributed by atoms with Crippen LogP contribution in [-0.4, -0.2) is 0 Å². The van der Waals surface area contributed by atoms with Crippen LogP contribution in [0.3, 0.4) is 0 Å². The maximum atomic E-state index is 13.1. The summed E-state index contributed by atoms with van der Waals surface area (Å²) in [6.07, 6.45) is 0.820. The first-order valence-electron chi connectivity index (χ1n) is 6.07. The number of rotatable bonds is 4. The maximum absolute atomic E-state index is 13.1. The summed E-state index contributed by atoms with van der Waals surface area (Å²) in [5, 5.41) is 3.34. The lowest BCUT2D eigenvalue weighted by Crippen LogP contribution is -2.09. The normalized spacial score (nSPS) is 12.2. The van der Waals surface area contributed by atoms with Gasteiger partial charge in [0.15, 0.2) is 0 Å². The van der Waals surface area contributed by atoms with Crippen LogP contribution in [0.15, 0.2) is 42.5 Å². The van der Waals surface area contributed by atoms with Crippen molar-refractivity contribution in [2.75, 3.05) is 5.32 Å². The predicted octanol–water partition coefficient (Wildman–Crippen LogP) is 5.18. The van der Waals surface area contributed by atoms with Gasteiger partial charge in [-0.3, -0.25) is 0 Å². The average Bonchev–Trinajstić information content (AvgIpc) is 2.41. The Bertz CT molecular complexity index is 555. The molecule has 1 atom stereocenters. The minimum absolute atomic E-state index is 0.0297. The van der Waals surface area contributed by atoms with E-state index in [4.69, 9.17) is 11.6 Å². The van der Waals surface area contributed by atoms with Gasteiger partial charge in [0.1, 0.15) is 11.6 Å². The molecule has 0 heterocycles. The van der Waals surface area contributed by atoms with E-state index in [0.717, 1.165) is 17.7 Å². The number of anilines is 1. The summed E-state index contributed by atoms with van der Waals surface area (Å²) in [5.41, 5.74) is 1.71. The molecule has 0 spiro atoms. The predicted molar refractivity (Wildman–Crippen MR) is 74.5 cm³/mol. The molecule has 0 saturated heterocycles. The Kier molecular flexibility index (Phi) is 4.38. The molecule has 0 aliphatic carbocycles. The maximum Gasteiger partial charge on any atom is 0.141 e. The van der Waals surface area contributed by atoms with Crippen molar-refractivity contribution in [2.45, 2.75) is 19.4 Å². The van der Waals surface area contributed by atoms with Crippen molar-refractivity contribution < 1.29 is 8.78 Å². The van der Waals surface area contributed by atoms with Crippen LogP contribution in [0.25, 0.3) is 0 Å². The molecular formula is C15H14ClF2N. The molecule has 0 amide bonds. The van der Waals surface area contributed by atoms with Gasteiger partial charge in [-0.25, -0.2) is 8.78 Å². The Labute approximate surface area is 116 Å². The Morgan fingerprint density at radius 1 is 1.11 bits per heavy atom. The minimum Gasteiger partial charge on any atom is -0.378 e. The standard InChI is InChI=1S/C15H14ClF2N/c1-2-15(10-3-5-11(17)6-4-10)19-12-7-8-14(18)13(16)9-12/h3-9,15,19H,2H2,1H3. The van der Waals surface area contributed by atoms with E-state index in [9.17, 15) is 8.78 Å². The fourth-order valence-electron chi connectivity index (χ4n) is 1.90. The molecule has 2 rings (SSSR count). The molecule has 2 aromatic rings. The molecular weight excluding hydrogens is 268 g/mol. The second-order valence-electron chi connectivity index (χ2n) is 4.29. The molecule has 0 aromatic heterocycles. The van der Waals surface area contributed by atoms with E-state index in [1.807, 2.05) is 6.92 Å². The van der Waals surface area contributed by atoms with Gasteiger partial charge in [-0.05, 0) is 42.3 Å². The monoisotopic (exact) mass is 281 g/mol. The lowest BCUT2D eigenvalue weighted by molar-refractivity contribution is 0.624. The molecule has 4 heteroatoms. The minimum atomic E-state index is -0.443. The first-order chi connectivity index (χ1) is 9.10. The molecule has 0 aliphatic heterocycles. The quantitative estimate of drug-likeness (QED) is 0.814. The molecule has 0 bridgehead atoms. The van der Waals surface area contributed by atoms with E-state index in [1.165, 1.54) is 18.2 Å². The Balaban J connectivity index is 2.18. The van der Waals surface area contributed by atoms with E-state index in [2.05, 4.69) is 5.32 Å². The third-order valence-electron chi connectivity index (χ3n) is 2.94. The van der Waals surface area contributed by atoms with Gasteiger partial charge in [0, 0.05) is 5.69 Å². The van der Waals surface area contributed by atoms with Gasteiger partial charge >= 0.3 is 0 Å². The Morgan fingerprint density at radius 2 is 1.79 bits per heavy atom. The number of hydrogen-bond acceptors (Lipinski definition) is 1. The smallest absolute Gasteiger partial charge is 0.141 e. The number of hydrogen-bond donors (Lipinski definition) is 1. The molecule has 19 heavy (non-hydrogen) atoms. The molecule has 1 N–H and O–H groups in total. The van der Waals surface area contributed by atoms with E-state index < -0.39 is 5.82 Å². The molecule has 100 valence electrons. The molecule has 0 fully saturated rings. The van der Waals surface area contributed by atoms with Gasteiger partial charge in [-0.15, -0.1) is 0 Å². The molecule has 1 nitrogen and oxygen atoms in total. The number of nitrogens with one attached hydrogen (secondary N) is 1. The van der Waals surface area contributed by atoms with E-state index >= 15 is 0 Å². The van der Waals surface area contributed by atoms with Crippen LogP contribution in [0.5, 0.6) is 0 Å². The molecule has 0 saturated carbocycles. The van der Waals surface area contributed by atoms with Crippen molar-refractivity contribution in [1.82, 2.24) is 0 Å². The Hall–Kier alpha value is -1.61. The van der Waals surface area contributed by atoms with Crippen LogP contribution in [0, 0.1) is 11.6 Å². The highest BCUT2D eigenvalue weighted by Crippen LogP contribution is 2.25. The molecule has 1 unspecified atom stereocenters. The zero-order chi connectivity index (χ0) is 13.8. The van der Waals surface area contributed by atoms with Gasteiger partial charge in [0.25, 0.3) is 0 Å². The average molecular weight is 282 g/mol. The lowest BCUT2D eigenvalue weighted by atomic mass is 10.0. The fourth-order valence-corrected chi connectivity index (χ4v) is 2.08. The zero-order valence-corrected chi connectivity index (χ0v) is 11.2. The van der Waals surface area contributed by atoms with E-state index in [1.54, 1.807) is 24.3 Å². The summed E-state index contributed by atoms with van der Waals surface area (Å²) < 4.78 is 26.0. The van der Waals surface area contributed by atoms with Gasteiger partial charge in [0.2, 0.25) is 0 Å². The van der Waals surface area contributed by atoms with Crippen molar-refractivity contribution >= 4 is 17.3 Å². The van der Waals surface area contributed by atoms with Crippen LogP contribution in [0.4, 0.5) is 14.5 Å². The van der Waals surface area contributed by atoms with Gasteiger partial charge in [-0.2, -0.15) is 0 Å². The second-order valence-corrected chi connectivity index (χ2v) is 4.69. The summed E-state index contributed by atoms with van der Waals surface area (Å²) in [4.78, 5) is 0. The fraction of sp³-hybridized carbons (Fsp3) is 0.200. The third-order valence-corrected chi connectivity index (χ3v) is 3.23. The second kappa shape index (κ2) is 6.02. The van der Waals surface area contributed by atoms with Crippen LogP contribution in [0.1, 0.15) is 24.9 Å². The number of halogens is 3. The SMILES string of the molecule is CCC(Nc1ccc(F)c(Cl)c1)c1ccc(F)cc1. The third kappa shape index (κ3) is 3.44.